The molecule has 2 aromatic rings. The fourth-order valence-electron chi connectivity index (χ4n) is 1.59. The molecule has 0 saturated heterocycles. The van der Waals surface area contributed by atoms with E-state index in [1.165, 1.54) is 11.6 Å². The van der Waals surface area contributed by atoms with Crippen LogP contribution < -0.4 is 5.32 Å². The van der Waals surface area contributed by atoms with Gasteiger partial charge in [-0.3, -0.25) is 4.79 Å². The molecule has 0 aliphatic rings. The molecular weight excluding hydrogens is 258 g/mol. The SMILES string of the molecule is Cc1ccc(/C=C/C(=O)Nc2ccccc2Cl)cc1. The van der Waals surface area contributed by atoms with E-state index in [0.29, 0.717) is 10.7 Å². The Morgan fingerprint density at radius 2 is 1.79 bits per heavy atom. The molecule has 1 amide bonds. The molecule has 0 spiro atoms. The molecule has 3 heteroatoms. The van der Waals surface area contributed by atoms with Crippen LogP contribution in [0.2, 0.25) is 5.02 Å². The van der Waals surface area contributed by atoms with Gasteiger partial charge >= 0.3 is 0 Å². The van der Waals surface area contributed by atoms with Crippen molar-refractivity contribution in [2.24, 2.45) is 0 Å². The molecule has 96 valence electrons. The summed E-state index contributed by atoms with van der Waals surface area (Å²) in [5, 5.41) is 3.26. The molecule has 0 saturated carbocycles. The molecular formula is C16H14ClNO. The summed E-state index contributed by atoms with van der Waals surface area (Å²) in [5.74, 6) is -0.200. The molecule has 2 rings (SSSR count). The molecule has 0 aliphatic carbocycles. The quantitative estimate of drug-likeness (QED) is 0.829. The summed E-state index contributed by atoms with van der Waals surface area (Å²) in [5.41, 5.74) is 2.79. The maximum atomic E-state index is 11.7. The van der Waals surface area contributed by atoms with E-state index in [1.807, 2.05) is 43.3 Å². The largest absolute Gasteiger partial charge is 0.321 e. The first-order chi connectivity index (χ1) is 9.15. The van der Waals surface area contributed by atoms with Crippen LogP contribution >= 0.6 is 11.6 Å². The Balaban J connectivity index is 2.02. The van der Waals surface area contributed by atoms with Gasteiger partial charge < -0.3 is 5.32 Å². The summed E-state index contributed by atoms with van der Waals surface area (Å²) >= 11 is 5.96. The van der Waals surface area contributed by atoms with Gasteiger partial charge in [-0.15, -0.1) is 0 Å². The Morgan fingerprint density at radius 3 is 2.47 bits per heavy atom. The lowest BCUT2D eigenvalue weighted by Gasteiger charge is -2.03. The summed E-state index contributed by atoms with van der Waals surface area (Å²) in [6.07, 6.45) is 3.26. The first-order valence-electron chi connectivity index (χ1n) is 5.95. The highest BCUT2D eigenvalue weighted by Crippen LogP contribution is 2.20. The second kappa shape index (κ2) is 6.21. The first kappa shape index (κ1) is 13.4. The normalized spacial score (nSPS) is 10.6. The number of rotatable bonds is 3. The van der Waals surface area contributed by atoms with Crippen molar-refractivity contribution >= 4 is 29.3 Å². The highest BCUT2D eigenvalue weighted by atomic mass is 35.5. The number of para-hydroxylation sites is 1. The molecule has 0 heterocycles. The lowest BCUT2D eigenvalue weighted by molar-refractivity contribution is -0.111. The van der Waals surface area contributed by atoms with Gasteiger partial charge in [-0.25, -0.2) is 0 Å². The van der Waals surface area contributed by atoms with E-state index in [0.717, 1.165) is 5.56 Å². The van der Waals surface area contributed by atoms with E-state index < -0.39 is 0 Å². The van der Waals surface area contributed by atoms with Gasteiger partial charge in [-0.1, -0.05) is 53.6 Å². The fraction of sp³-hybridized carbons (Fsp3) is 0.0625. The number of hydrogen-bond donors (Lipinski definition) is 1. The van der Waals surface area contributed by atoms with Crippen LogP contribution in [0.3, 0.4) is 0 Å². The van der Waals surface area contributed by atoms with Crippen LogP contribution in [0.5, 0.6) is 0 Å². The Hall–Kier alpha value is -2.06. The average molecular weight is 272 g/mol. The van der Waals surface area contributed by atoms with Crippen molar-refractivity contribution in [2.75, 3.05) is 5.32 Å². The number of anilines is 1. The zero-order valence-corrected chi connectivity index (χ0v) is 11.3. The maximum absolute atomic E-state index is 11.7. The van der Waals surface area contributed by atoms with Gasteiger partial charge in [0.05, 0.1) is 10.7 Å². The standard InChI is InChI=1S/C16H14ClNO/c1-12-6-8-13(9-7-12)10-11-16(19)18-15-5-3-2-4-14(15)17/h2-11H,1H3,(H,18,19)/b11-10+. The molecule has 19 heavy (non-hydrogen) atoms. The van der Waals surface area contributed by atoms with Crippen LogP contribution in [0.25, 0.3) is 6.08 Å². The lowest BCUT2D eigenvalue weighted by Crippen LogP contribution is -2.07. The monoisotopic (exact) mass is 271 g/mol. The number of benzene rings is 2. The van der Waals surface area contributed by atoms with Gasteiger partial charge in [0, 0.05) is 6.08 Å². The van der Waals surface area contributed by atoms with Crippen LogP contribution in [-0.4, -0.2) is 5.91 Å². The molecule has 0 fully saturated rings. The highest BCUT2D eigenvalue weighted by Gasteiger charge is 2.01. The van der Waals surface area contributed by atoms with E-state index in [1.54, 1.807) is 18.2 Å². The minimum absolute atomic E-state index is 0.200. The van der Waals surface area contributed by atoms with Gasteiger partial charge in [0.2, 0.25) is 5.91 Å². The minimum atomic E-state index is -0.200. The van der Waals surface area contributed by atoms with Crippen LogP contribution in [-0.2, 0) is 4.79 Å². The van der Waals surface area contributed by atoms with Crippen molar-refractivity contribution < 1.29 is 4.79 Å². The zero-order valence-electron chi connectivity index (χ0n) is 10.6. The number of nitrogens with one attached hydrogen (secondary N) is 1. The molecule has 0 aromatic heterocycles. The Morgan fingerprint density at radius 1 is 1.11 bits per heavy atom. The van der Waals surface area contributed by atoms with Crippen LogP contribution in [0, 0.1) is 6.92 Å². The number of aryl methyl sites for hydroxylation is 1. The third-order valence-electron chi connectivity index (χ3n) is 2.64. The van der Waals surface area contributed by atoms with Crippen molar-refractivity contribution in [1.29, 1.82) is 0 Å². The summed E-state index contributed by atoms with van der Waals surface area (Å²) in [7, 11) is 0. The van der Waals surface area contributed by atoms with Crippen molar-refractivity contribution in [3.63, 3.8) is 0 Å². The maximum Gasteiger partial charge on any atom is 0.248 e. The number of carbonyl (C=O) groups is 1. The molecule has 0 atom stereocenters. The number of carbonyl (C=O) groups excluding carboxylic acids is 1. The second-order valence-electron chi connectivity index (χ2n) is 4.21. The fourth-order valence-corrected chi connectivity index (χ4v) is 1.77. The predicted molar refractivity (Wildman–Crippen MR) is 80.3 cm³/mol. The highest BCUT2D eigenvalue weighted by molar-refractivity contribution is 6.33. The van der Waals surface area contributed by atoms with Gasteiger partial charge in [-0.05, 0) is 30.7 Å². The van der Waals surface area contributed by atoms with Gasteiger partial charge in [-0.2, -0.15) is 0 Å². The molecule has 2 nitrogen and oxygen atoms in total. The molecule has 0 bridgehead atoms. The Labute approximate surface area is 117 Å². The zero-order chi connectivity index (χ0) is 13.7. The third-order valence-corrected chi connectivity index (χ3v) is 2.97. The average Bonchev–Trinajstić information content (AvgIpc) is 2.41. The van der Waals surface area contributed by atoms with E-state index in [-0.39, 0.29) is 5.91 Å². The summed E-state index contributed by atoms with van der Waals surface area (Å²) in [6.45, 7) is 2.03. The van der Waals surface area contributed by atoms with E-state index in [4.69, 9.17) is 11.6 Å². The predicted octanol–water partition coefficient (Wildman–Crippen LogP) is 4.30. The second-order valence-corrected chi connectivity index (χ2v) is 4.62. The van der Waals surface area contributed by atoms with E-state index >= 15 is 0 Å². The van der Waals surface area contributed by atoms with Gasteiger partial charge in [0.15, 0.2) is 0 Å². The van der Waals surface area contributed by atoms with Gasteiger partial charge in [0.25, 0.3) is 0 Å². The molecule has 2 aromatic carbocycles. The van der Waals surface area contributed by atoms with Crippen molar-refractivity contribution in [1.82, 2.24) is 0 Å². The van der Waals surface area contributed by atoms with Crippen molar-refractivity contribution in [3.05, 3.63) is 70.8 Å². The topological polar surface area (TPSA) is 29.1 Å². The van der Waals surface area contributed by atoms with E-state index in [2.05, 4.69) is 5.32 Å². The van der Waals surface area contributed by atoms with E-state index in [9.17, 15) is 4.79 Å². The Kier molecular flexibility index (Phi) is 4.37. The summed E-state index contributed by atoms with van der Waals surface area (Å²) in [6, 6.07) is 15.1. The summed E-state index contributed by atoms with van der Waals surface area (Å²) in [4.78, 5) is 11.7. The minimum Gasteiger partial charge on any atom is -0.321 e. The van der Waals surface area contributed by atoms with Crippen LogP contribution in [0.4, 0.5) is 5.69 Å². The number of halogens is 1. The van der Waals surface area contributed by atoms with Crippen molar-refractivity contribution in [2.45, 2.75) is 6.92 Å². The molecule has 0 aliphatic heterocycles. The lowest BCUT2D eigenvalue weighted by atomic mass is 10.1. The van der Waals surface area contributed by atoms with Crippen LogP contribution in [0.15, 0.2) is 54.6 Å². The number of hydrogen-bond acceptors (Lipinski definition) is 1. The smallest absolute Gasteiger partial charge is 0.248 e. The van der Waals surface area contributed by atoms with Crippen molar-refractivity contribution in [3.8, 4) is 0 Å². The Bertz CT molecular complexity index is 602. The molecule has 1 N–H and O–H groups in total. The number of amides is 1. The molecule has 0 radical (unpaired) electrons. The summed E-state index contributed by atoms with van der Waals surface area (Å²) < 4.78 is 0. The van der Waals surface area contributed by atoms with Gasteiger partial charge in [0.1, 0.15) is 0 Å². The molecule has 0 unspecified atom stereocenters. The first-order valence-corrected chi connectivity index (χ1v) is 6.33. The third kappa shape index (κ3) is 3.97. The van der Waals surface area contributed by atoms with Crippen LogP contribution in [0.1, 0.15) is 11.1 Å².